The molecule has 2 N–H and O–H groups in total. The first-order chi connectivity index (χ1) is 19.0. The van der Waals surface area contributed by atoms with Gasteiger partial charge in [0.2, 0.25) is 0 Å². The van der Waals surface area contributed by atoms with Crippen LogP contribution in [0.4, 0.5) is 5.82 Å². The monoisotopic (exact) mass is 541 g/mol. The number of fused-ring (bicyclic) bond motifs is 3. The molecular weight excluding hydrogens is 510 g/mol. The van der Waals surface area contributed by atoms with E-state index >= 15 is 0 Å². The highest BCUT2D eigenvalue weighted by Gasteiger charge is 2.28. The highest BCUT2D eigenvalue weighted by molar-refractivity contribution is 7.90. The van der Waals surface area contributed by atoms with Gasteiger partial charge in [0, 0.05) is 37.5 Å². The molecule has 2 aliphatic rings. The SMILES string of the molecule is Cn1c(C2CCNCC2)nc2c3c(-c4ccnc(NCC5CC5)c4)cn(S(=O)(=O)c4ccccc4)c3ncc21. The quantitative estimate of drug-likeness (QED) is 0.312. The molecule has 0 atom stereocenters. The molecule has 10 heteroatoms. The first kappa shape index (κ1) is 24.3. The van der Waals surface area contributed by atoms with Gasteiger partial charge in [-0.15, -0.1) is 0 Å². The minimum absolute atomic E-state index is 0.216. The summed E-state index contributed by atoms with van der Waals surface area (Å²) < 4.78 is 31.2. The average molecular weight is 542 g/mol. The van der Waals surface area contributed by atoms with Crippen LogP contribution in [-0.4, -0.2) is 51.5 Å². The maximum atomic E-state index is 13.9. The van der Waals surface area contributed by atoms with Gasteiger partial charge in [-0.3, -0.25) is 0 Å². The Bertz CT molecular complexity index is 1780. The predicted molar refractivity (Wildman–Crippen MR) is 152 cm³/mol. The van der Waals surface area contributed by atoms with Gasteiger partial charge in [-0.25, -0.2) is 27.3 Å². The maximum Gasteiger partial charge on any atom is 0.269 e. The van der Waals surface area contributed by atoms with Crippen LogP contribution in [0.15, 0.2) is 66.0 Å². The molecule has 200 valence electrons. The summed E-state index contributed by atoms with van der Waals surface area (Å²) in [4.78, 5) is 14.6. The minimum atomic E-state index is -3.89. The van der Waals surface area contributed by atoms with Crippen molar-refractivity contribution in [2.75, 3.05) is 25.0 Å². The van der Waals surface area contributed by atoms with E-state index in [1.165, 1.54) is 16.8 Å². The molecule has 1 aromatic carbocycles. The van der Waals surface area contributed by atoms with Gasteiger partial charge in [-0.2, -0.15) is 0 Å². The van der Waals surface area contributed by atoms with E-state index in [9.17, 15) is 8.42 Å². The summed E-state index contributed by atoms with van der Waals surface area (Å²) in [6.45, 7) is 2.82. The number of piperidine rings is 1. The van der Waals surface area contributed by atoms with Crippen LogP contribution in [0, 0.1) is 5.92 Å². The van der Waals surface area contributed by atoms with Gasteiger partial charge >= 0.3 is 0 Å². The van der Waals surface area contributed by atoms with Gasteiger partial charge in [0.25, 0.3) is 10.0 Å². The van der Waals surface area contributed by atoms with Crippen molar-refractivity contribution in [1.82, 2.24) is 28.8 Å². The zero-order valence-corrected chi connectivity index (χ0v) is 22.7. The number of rotatable bonds is 7. The van der Waals surface area contributed by atoms with Crippen LogP contribution in [0.1, 0.15) is 37.4 Å². The Kier molecular flexibility index (Phi) is 5.89. The number of hydrogen-bond acceptors (Lipinski definition) is 7. The Morgan fingerprint density at radius 1 is 1.05 bits per heavy atom. The number of pyridine rings is 2. The van der Waals surface area contributed by atoms with Crippen LogP contribution in [0.25, 0.3) is 33.2 Å². The third kappa shape index (κ3) is 4.28. The van der Waals surface area contributed by atoms with Gasteiger partial charge in [-0.05, 0) is 74.5 Å². The second-order valence-corrected chi connectivity index (χ2v) is 12.5. The summed E-state index contributed by atoms with van der Waals surface area (Å²) in [7, 11) is -1.86. The van der Waals surface area contributed by atoms with Crippen molar-refractivity contribution in [2.45, 2.75) is 36.5 Å². The van der Waals surface area contributed by atoms with Crippen molar-refractivity contribution in [1.29, 1.82) is 0 Å². The molecule has 5 heterocycles. The van der Waals surface area contributed by atoms with E-state index in [-0.39, 0.29) is 4.90 Å². The smallest absolute Gasteiger partial charge is 0.269 e. The van der Waals surface area contributed by atoms with E-state index in [0.717, 1.165) is 71.7 Å². The summed E-state index contributed by atoms with van der Waals surface area (Å²) in [5, 5.41) is 7.61. The van der Waals surface area contributed by atoms with Crippen LogP contribution < -0.4 is 10.6 Å². The second-order valence-electron chi connectivity index (χ2n) is 10.7. The summed E-state index contributed by atoms with van der Waals surface area (Å²) in [5.41, 5.74) is 3.69. The summed E-state index contributed by atoms with van der Waals surface area (Å²) in [5.74, 6) is 2.85. The van der Waals surface area contributed by atoms with Crippen LogP contribution in [0.3, 0.4) is 0 Å². The molecule has 39 heavy (non-hydrogen) atoms. The third-order valence-corrected chi connectivity index (χ3v) is 9.68. The summed E-state index contributed by atoms with van der Waals surface area (Å²) >= 11 is 0. The lowest BCUT2D eigenvalue weighted by molar-refractivity contribution is 0.438. The van der Waals surface area contributed by atoms with Crippen LogP contribution in [-0.2, 0) is 17.1 Å². The second kappa shape index (κ2) is 9.46. The van der Waals surface area contributed by atoms with E-state index in [4.69, 9.17) is 9.97 Å². The third-order valence-electron chi connectivity index (χ3n) is 8.01. The highest BCUT2D eigenvalue weighted by atomic mass is 32.2. The molecule has 5 aromatic rings. The molecule has 0 spiro atoms. The molecule has 1 aliphatic heterocycles. The number of aryl methyl sites for hydroxylation is 1. The molecule has 0 radical (unpaired) electrons. The van der Waals surface area contributed by atoms with Crippen molar-refractivity contribution < 1.29 is 8.42 Å². The average Bonchev–Trinajstić information content (AvgIpc) is 3.63. The Labute approximate surface area is 227 Å². The van der Waals surface area contributed by atoms with E-state index < -0.39 is 10.0 Å². The number of anilines is 1. The molecule has 0 amide bonds. The molecule has 1 saturated carbocycles. The van der Waals surface area contributed by atoms with Gasteiger partial charge in [0.1, 0.15) is 17.2 Å². The Morgan fingerprint density at radius 2 is 1.85 bits per heavy atom. The van der Waals surface area contributed by atoms with Crippen LogP contribution in [0.2, 0.25) is 0 Å². The molecule has 9 nitrogen and oxygen atoms in total. The van der Waals surface area contributed by atoms with Crippen molar-refractivity contribution >= 4 is 37.9 Å². The van der Waals surface area contributed by atoms with Crippen LogP contribution >= 0.6 is 0 Å². The normalized spacial score (nSPS) is 16.7. The van der Waals surface area contributed by atoms with E-state index in [0.29, 0.717) is 17.5 Å². The molecule has 0 bridgehead atoms. The number of aromatic nitrogens is 5. The Hall–Kier alpha value is -3.76. The Balaban J connectivity index is 1.45. The molecule has 4 aromatic heterocycles. The molecule has 0 unspecified atom stereocenters. The van der Waals surface area contributed by atoms with E-state index in [1.54, 1.807) is 42.9 Å². The minimum Gasteiger partial charge on any atom is -0.370 e. The number of nitrogens with one attached hydrogen (secondary N) is 2. The molecule has 2 fully saturated rings. The van der Waals surface area contributed by atoms with E-state index in [1.807, 2.05) is 25.2 Å². The lowest BCUT2D eigenvalue weighted by atomic mass is 9.97. The zero-order valence-electron chi connectivity index (χ0n) is 21.8. The standard InChI is InChI=1S/C29H31N7O2S/c1-35-24-17-33-29-26(27(24)34-28(35)20-9-12-30-13-10-20)23(18-36(29)39(37,38)22-5-3-2-4-6-22)21-11-14-31-25(15-21)32-16-19-7-8-19/h2-6,11,14-15,17-20,30H,7-10,12-13,16H2,1H3,(H,31,32). The fraction of sp³-hybridized carbons (Fsp3) is 0.345. The zero-order chi connectivity index (χ0) is 26.6. The summed E-state index contributed by atoms with van der Waals surface area (Å²) in [6.07, 6.45) is 9.75. The molecule has 1 aliphatic carbocycles. The van der Waals surface area contributed by atoms with Gasteiger partial charge in [0.05, 0.1) is 22.0 Å². The number of nitrogens with zero attached hydrogens (tertiary/aromatic N) is 5. The lowest BCUT2D eigenvalue weighted by Crippen LogP contribution is -2.27. The highest BCUT2D eigenvalue weighted by Crippen LogP contribution is 2.38. The maximum absolute atomic E-state index is 13.9. The first-order valence-corrected chi connectivity index (χ1v) is 15.0. The molecule has 1 saturated heterocycles. The fourth-order valence-electron chi connectivity index (χ4n) is 5.63. The van der Waals surface area contributed by atoms with Crippen LogP contribution in [0.5, 0.6) is 0 Å². The van der Waals surface area contributed by atoms with Gasteiger partial charge in [0.15, 0.2) is 5.65 Å². The Morgan fingerprint density at radius 3 is 2.62 bits per heavy atom. The van der Waals surface area contributed by atoms with Gasteiger partial charge in [-0.1, -0.05) is 18.2 Å². The lowest BCUT2D eigenvalue weighted by Gasteiger charge is -2.22. The topological polar surface area (TPSA) is 107 Å². The number of benzene rings is 1. The fourth-order valence-corrected chi connectivity index (χ4v) is 6.97. The van der Waals surface area contributed by atoms with Crippen molar-refractivity contribution in [2.24, 2.45) is 13.0 Å². The van der Waals surface area contributed by atoms with E-state index in [2.05, 4.69) is 20.2 Å². The van der Waals surface area contributed by atoms with Crippen molar-refractivity contribution in [3.8, 4) is 11.1 Å². The number of imidazole rings is 1. The van der Waals surface area contributed by atoms with Crippen molar-refractivity contribution in [3.05, 3.63) is 66.9 Å². The largest absolute Gasteiger partial charge is 0.370 e. The van der Waals surface area contributed by atoms with Gasteiger partial charge < -0.3 is 15.2 Å². The predicted octanol–water partition coefficient (Wildman–Crippen LogP) is 4.51. The summed E-state index contributed by atoms with van der Waals surface area (Å²) in [6, 6.07) is 12.4. The van der Waals surface area contributed by atoms with Crippen molar-refractivity contribution in [3.63, 3.8) is 0 Å². The first-order valence-electron chi connectivity index (χ1n) is 13.6. The molecular formula is C29H31N7O2S. The number of hydrogen-bond donors (Lipinski definition) is 2. The molecule has 7 rings (SSSR count).